The first-order chi connectivity index (χ1) is 7.19. The summed E-state index contributed by atoms with van der Waals surface area (Å²) in [5.74, 6) is 5.52. The van der Waals surface area contributed by atoms with Crippen molar-refractivity contribution in [2.24, 2.45) is 5.84 Å². The van der Waals surface area contributed by atoms with Gasteiger partial charge in [-0.15, -0.1) is 11.6 Å². The Labute approximate surface area is 93.6 Å². The van der Waals surface area contributed by atoms with Crippen LogP contribution in [-0.2, 0) is 0 Å². The largest absolute Gasteiger partial charge is 0.390 e. The molecule has 84 valence electrons. The van der Waals surface area contributed by atoms with Crippen LogP contribution >= 0.6 is 11.6 Å². The molecule has 15 heavy (non-hydrogen) atoms. The van der Waals surface area contributed by atoms with E-state index in [1.165, 1.54) is 0 Å². The minimum absolute atomic E-state index is 0.320. The number of alkyl halides is 1. The molecule has 0 fully saturated rings. The van der Waals surface area contributed by atoms with Crippen molar-refractivity contribution in [2.75, 3.05) is 11.3 Å². The molecule has 5 heteroatoms. The number of anilines is 1. The highest BCUT2D eigenvalue weighted by atomic mass is 35.5. The molecule has 2 unspecified atom stereocenters. The van der Waals surface area contributed by atoms with Crippen molar-refractivity contribution in [3.8, 4) is 0 Å². The smallest absolute Gasteiger partial charge is 0.105 e. The minimum atomic E-state index is -0.907. The lowest BCUT2D eigenvalue weighted by atomic mass is 10.0. The highest BCUT2D eigenvalue weighted by Crippen LogP contribution is 2.20. The fourth-order valence-corrected chi connectivity index (χ4v) is 1.49. The Hall–Kier alpha value is -0.810. The van der Waals surface area contributed by atoms with Gasteiger partial charge in [-0.05, 0) is 24.1 Å². The van der Waals surface area contributed by atoms with Crippen LogP contribution in [0.2, 0.25) is 0 Å². The molecule has 0 saturated heterocycles. The van der Waals surface area contributed by atoms with Crippen LogP contribution in [0.4, 0.5) is 5.69 Å². The van der Waals surface area contributed by atoms with Crippen molar-refractivity contribution in [1.29, 1.82) is 0 Å². The van der Waals surface area contributed by atoms with Crippen LogP contribution in [0.3, 0.4) is 0 Å². The van der Waals surface area contributed by atoms with E-state index in [9.17, 15) is 10.2 Å². The predicted octanol–water partition coefficient (Wildman–Crippen LogP) is 0.995. The van der Waals surface area contributed by atoms with E-state index in [1.807, 2.05) is 0 Å². The van der Waals surface area contributed by atoms with E-state index in [0.717, 1.165) is 5.69 Å². The maximum Gasteiger partial charge on any atom is 0.105 e. The number of nitrogens with one attached hydrogen (secondary N) is 1. The van der Waals surface area contributed by atoms with Crippen LogP contribution < -0.4 is 11.3 Å². The van der Waals surface area contributed by atoms with Crippen LogP contribution in [0.5, 0.6) is 0 Å². The number of nitrogens with two attached hydrogens (primary N) is 1. The summed E-state index contributed by atoms with van der Waals surface area (Å²) in [4.78, 5) is 0. The lowest BCUT2D eigenvalue weighted by molar-refractivity contribution is 0.0170. The number of hydrazine groups is 1. The molecular formula is C10H15ClN2O2. The fourth-order valence-electron chi connectivity index (χ4n) is 1.27. The highest BCUT2D eigenvalue weighted by Gasteiger charge is 2.17. The summed E-state index contributed by atoms with van der Waals surface area (Å²) in [6.45, 7) is 0. The third-order valence-electron chi connectivity index (χ3n) is 2.19. The molecule has 0 spiro atoms. The lowest BCUT2D eigenvalue weighted by Crippen LogP contribution is -2.18. The van der Waals surface area contributed by atoms with Gasteiger partial charge in [-0.2, -0.15) is 0 Å². The zero-order valence-electron chi connectivity index (χ0n) is 8.23. The van der Waals surface area contributed by atoms with Gasteiger partial charge in [0.2, 0.25) is 0 Å². The Morgan fingerprint density at radius 1 is 1.27 bits per heavy atom. The van der Waals surface area contributed by atoms with E-state index in [1.54, 1.807) is 24.3 Å². The Morgan fingerprint density at radius 2 is 1.87 bits per heavy atom. The molecule has 0 aromatic heterocycles. The number of hydrogen-bond donors (Lipinski definition) is 4. The molecule has 2 atom stereocenters. The van der Waals surface area contributed by atoms with Gasteiger partial charge in [-0.3, -0.25) is 5.84 Å². The second kappa shape index (κ2) is 5.92. The maximum absolute atomic E-state index is 9.72. The molecule has 0 bridgehead atoms. The summed E-state index contributed by atoms with van der Waals surface area (Å²) in [5.41, 5.74) is 3.88. The van der Waals surface area contributed by atoms with Crippen molar-refractivity contribution in [1.82, 2.24) is 0 Å². The fraction of sp³-hybridized carbons (Fsp3) is 0.400. The quantitative estimate of drug-likeness (QED) is 0.346. The van der Waals surface area contributed by atoms with Crippen LogP contribution in [0, 0.1) is 0 Å². The third kappa shape index (κ3) is 3.35. The van der Waals surface area contributed by atoms with Gasteiger partial charge in [0.25, 0.3) is 0 Å². The molecule has 0 saturated carbocycles. The number of nitrogen functional groups attached to an aromatic ring is 1. The second-order valence-corrected chi connectivity index (χ2v) is 3.63. The third-order valence-corrected chi connectivity index (χ3v) is 2.41. The summed E-state index contributed by atoms with van der Waals surface area (Å²) in [7, 11) is 0. The van der Waals surface area contributed by atoms with E-state index in [-0.39, 0.29) is 0 Å². The van der Waals surface area contributed by atoms with E-state index in [4.69, 9.17) is 17.4 Å². The highest BCUT2D eigenvalue weighted by molar-refractivity contribution is 6.17. The van der Waals surface area contributed by atoms with Gasteiger partial charge < -0.3 is 15.6 Å². The van der Waals surface area contributed by atoms with Gasteiger partial charge in [0.05, 0.1) is 6.10 Å². The number of aliphatic hydroxyl groups excluding tert-OH is 2. The summed E-state index contributed by atoms with van der Waals surface area (Å²) >= 11 is 5.48. The van der Waals surface area contributed by atoms with Crippen LogP contribution in [-0.4, -0.2) is 22.2 Å². The Balaban J connectivity index is 2.69. The molecule has 4 nitrogen and oxygen atoms in total. The van der Waals surface area contributed by atoms with Gasteiger partial charge in [0.1, 0.15) is 6.10 Å². The van der Waals surface area contributed by atoms with Gasteiger partial charge in [-0.1, -0.05) is 12.1 Å². The number of aliphatic hydroxyl groups is 2. The number of benzene rings is 1. The van der Waals surface area contributed by atoms with Crippen LogP contribution in [0.1, 0.15) is 18.1 Å². The number of rotatable bonds is 5. The van der Waals surface area contributed by atoms with Crippen molar-refractivity contribution in [3.63, 3.8) is 0 Å². The van der Waals surface area contributed by atoms with Gasteiger partial charge in [0, 0.05) is 11.6 Å². The minimum Gasteiger partial charge on any atom is -0.390 e. The topological polar surface area (TPSA) is 78.5 Å². The summed E-state index contributed by atoms with van der Waals surface area (Å²) in [5, 5.41) is 19.2. The SMILES string of the molecule is NNc1ccc(C(O)C(O)CCCl)cc1. The van der Waals surface area contributed by atoms with Gasteiger partial charge >= 0.3 is 0 Å². The Kier molecular flexibility index (Phi) is 4.84. The zero-order valence-corrected chi connectivity index (χ0v) is 8.98. The van der Waals surface area contributed by atoms with Crippen molar-refractivity contribution in [3.05, 3.63) is 29.8 Å². The first-order valence-corrected chi connectivity index (χ1v) is 5.21. The van der Waals surface area contributed by atoms with E-state index >= 15 is 0 Å². The van der Waals surface area contributed by atoms with Crippen molar-refractivity contribution in [2.45, 2.75) is 18.6 Å². The van der Waals surface area contributed by atoms with Gasteiger partial charge in [0.15, 0.2) is 0 Å². The average Bonchev–Trinajstić information content (AvgIpc) is 2.28. The molecular weight excluding hydrogens is 216 g/mol. The van der Waals surface area contributed by atoms with E-state index in [0.29, 0.717) is 17.9 Å². The van der Waals surface area contributed by atoms with Crippen LogP contribution in [0.15, 0.2) is 24.3 Å². The molecule has 0 aliphatic heterocycles. The van der Waals surface area contributed by atoms with Crippen LogP contribution in [0.25, 0.3) is 0 Å². The first-order valence-electron chi connectivity index (χ1n) is 4.67. The zero-order chi connectivity index (χ0) is 11.3. The molecule has 1 aromatic rings. The second-order valence-electron chi connectivity index (χ2n) is 3.26. The Morgan fingerprint density at radius 3 is 2.33 bits per heavy atom. The van der Waals surface area contributed by atoms with E-state index in [2.05, 4.69) is 5.43 Å². The number of hydrogen-bond acceptors (Lipinski definition) is 4. The molecule has 0 heterocycles. The molecule has 0 amide bonds. The average molecular weight is 231 g/mol. The Bertz CT molecular complexity index is 292. The van der Waals surface area contributed by atoms with Crippen molar-refractivity contribution >= 4 is 17.3 Å². The number of halogens is 1. The van der Waals surface area contributed by atoms with E-state index < -0.39 is 12.2 Å². The lowest BCUT2D eigenvalue weighted by Gasteiger charge is -2.17. The predicted molar refractivity (Wildman–Crippen MR) is 60.6 cm³/mol. The normalized spacial score (nSPS) is 14.7. The molecule has 1 aromatic carbocycles. The summed E-state index contributed by atoms with van der Waals surface area (Å²) < 4.78 is 0. The molecule has 0 radical (unpaired) electrons. The molecule has 0 aliphatic carbocycles. The summed E-state index contributed by atoms with van der Waals surface area (Å²) in [6, 6.07) is 6.87. The summed E-state index contributed by atoms with van der Waals surface area (Å²) in [6.07, 6.45) is -1.38. The van der Waals surface area contributed by atoms with Gasteiger partial charge in [-0.25, -0.2) is 0 Å². The maximum atomic E-state index is 9.72. The first kappa shape index (κ1) is 12.3. The standard InChI is InChI=1S/C10H15ClN2O2/c11-6-5-9(14)10(15)7-1-3-8(13-12)4-2-7/h1-4,9-10,13-15H,5-6,12H2. The molecule has 1 rings (SSSR count). The van der Waals surface area contributed by atoms with Crippen molar-refractivity contribution < 1.29 is 10.2 Å². The monoisotopic (exact) mass is 230 g/mol. The molecule has 5 N–H and O–H groups in total. The molecule has 0 aliphatic rings.